The second-order valence-electron chi connectivity index (χ2n) is 7.38. The van der Waals surface area contributed by atoms with Crippen LogP contribution in [0.5, 0.6) is 0 Å². The Balaban J connectivity index is 2.24. The van der Waals surface area contributed by atoms with Crippen molar-refractivity contribution in [2.24, 2.45) is 0 Å². The van der Waals surface area contributed by atoms with Crippen LogP contribution in [0.1, 0.15) is 48.9 Å². The zero-order valence-electron chi connectivity index (χ0n) is 16.1. The molecule has 9 heteroatoms. The van der Waals surface area contributed by atoms with E-state index in [0.29, 0.717) is 28.8 Å². The summed E-state index contributed by atoms with van der Waals surface area (Å²) < 4.78 is 79.3. The molecule has 160 valence electrons. The molecule has 1 aromatic rings. The molecule has 0 fully saturated rings. The van der Waals surface area contributed by atoms with Crippen molar-refractivity contribution in [1.29, 1.82) is 0 Å². The first-order valence-corrected chi connectivity index (χ1v) is 9.54. The fourth-order valence-corrected chi connectivity index (χ4v) is 4.29. The minimum absolute atomic E-state index is 0.0400. The molecule has 3 nitrogen and oxygen atoms in total. The van der Waals surface area contributed by atoms with Crippen LogP contribution in [0, 0.1) is 0 Å². The molecule has 0 aliphatic carbocycles. The molecule has 0 aromatic heterocycles. The molecule has 1 unspecified atom stereocenters. The van der Waals surface area contributed by atoms with Gasteiger partial charge in [0.15, 0.2) is 0 Å². The highest BCUT2D eigenvalue weighted by molar-refractivity contribution is 6.04. The van der Waals surface area contributed by atoms with Crippen LogP contribution in [-0.2, 0) is 24.1 Å². The van der Waals surface area contributed by atoms with E-state index < -0.39 is 37.1 Å². The second kappa shape index (κ2) is 7.57. The van der Waals surface area contributed by atoms with E-state index in [4.69, 9.17) is 0 Å². The van der Waals surface area contributed by atoms with Crippen molar-refractivity contribution in [2.75, 3.05) is 16.8 Å². The second-order valence-corrected chi connectivity index (χ2v) is 7.38. The van der Waals surface area contributed by atoms with Crippen molar-refractivity contribution in [3.05, 3.63) is 28.3 Å². The fraction of sp³-hybridized carbons (Fsp3) is 0.550. The molecule has 2 heterocycles. The molecule has 2 aliphatic heterocycles. The molecule has 3 rings (SSSR count). The molecule has 1 N–H and O–H groups in total. The zero-order chi connectivity index (χ0) is 21.6. The van der Waals surface area contributed by atoms with Gasteiger partial charge in [-0.25, -0.2) is 0 Å². The standard InChI is InChI=1S/C20H22F6N2O/c1-3-7-28-11(9-19(21,22)23)5-6-13-14-8-16(29)27-17(14)15(10-20(24,25)26)12(4-2)18(13)28/h5-6,11H,3-4,7-10H2,1-2H3,(H,27,29). The summed E-state index contributed by atoms with van der Waals surface area (Å²) in [4.78, 5) is 13.5. The molecular weight excluding hydrogens is 398 g/mol. The third-order valence-corrected chi connectivity index (χ3v) is 5.24. The van der Waals surface area contributed by atoms with Gasteiger partial charge in [-0.2, -0.15) is 26.3 Å². The number of hydrogen-bond acceptors (Lipinski definition) is 2. The molecule has 1 atom stereocenters. The lowest BCUT2D eigenvalue weighted by molar-refractivity contribution is -0.136. The lowest BCUT2D eigenvalue weighted by atomic mass is 9.86. The summed E-state index contributed by atoms with van der Waals surface area (Å²) in [6, 6.07) is -0.991. The molecular formula is C20H22F6N2O. The minimum Gasteiger partial charge on any atom is -0.364 e. The number of rotatable bonds is 5. The maximum Gasteiger partial charge on any atom is 0.393 e. The summed E-state index contributed by atoms with van der Waals surface area (Å²) >= 11 is 0. The van der Waals surface area contributed by atoms with E-state index >= 15 is 0 Å². The van der Waals surface area contributed by atoms with Crippen molar-refractivity contribution < 1.29 is 31.1 Å². The van der Waals surface area contributed by atoms with Crippen LogP contribution in [0.15, 0.2) is 6.08 Å². The number of amides is 1. The first kappa shape index (κ1) is 21.5. The Kier molecular flexibility index (Phi) is 5.62. The van der Waals surface area contributed by atoms with Gasteiger partial charge >= 0.3 is 12.4 Å². The van der Waals surface area contributed by atoms with Crippen molar-refractivity contribution in [3.8, 4) is 0 Å². The topological polar surface area (TPSA) is 32.3 Å². The van der Waals surface area contributed by atoms with Crippen molar-refractivity contribution in [3.63, 3.8) is 0 Å². The number of anilines is 2. The zero-order valence-corrected chi connectivity index (χ0v) is 16.1. The van der Waals surface area contributed by atoms with Gasteiger partial charge in [0, 0.05) is 23.5 Å². The van der Waals surface area contributed by atoms with E-state index in [1.54, 1.807) is 11.8 Å². The Labute approximate surface area is 164 Å². The van der Waals surface area contributed by atoms with Gasteiger partial charge in [-0.3, -0.25) is 4.79 Å². The SMILES string of the molecule is CCCN1c2c(c3c(c(CC(F)(F)F)c2CC)NC(=O)C3)C=CC1CC(F)(F)F. The minimum atomic E-state index is -4.51. The fourth-order valence-electron chi connectivity index (χ4n) is 4.29. The maximum absolute atomic E-state index is 13.3. The van der Waals surface area contributed by atoms with Gasteiger partial charge in [0.2, 0.25) is 5.91 Å². The summed E-state index contributed by atoms with van der Waals surface area (Å²) in [6.45, 7) is 3.76. The van der Waals surface area contributed by atoms with Crippen molar-refractivity contribution in [1.82, 2.24) is 0 Å². The smallest absolute Gasteiger partial charge is 0.364 e. The van der Waals surface area contributed by atoms with Crippen molar-refractivity contribution in [2.45, 2.75) is 64.3 Å². The largest absolute Gasteiger partial charge is 0.393 e. The number of fused-ring (bicyclic) bond motifs is 3. The Morgan fingerprint density at radius 2 is 1.79 bits per heavy atom. The van der Waals surface area contributed by atoms with Gasteiger partial charge in [0.25, 0.3) is 0 Å². The molecule has 29 heavy (non-hydrogen) atoms. The first-order chi connectivity index (χ1) is 13.4. The summed E-state index contributed by atoms with van der Waals surface area (Å²) in [5.74, 6) is -0.410. The summed E-state index contributed by atoms with van der Waals surface area (Å²) in [7, 11) is 0. The van der Waals surface area contributed by atoms with E-state index in [0.717, 1.165) is 0 Å². The predicted octanol–water partition coefficient (Wildman–Crippen LogP) is 5.41. The van der Waals surface area contributed by atoms with E-state index in [1.807, 2.05) is 6.92 Å². The average molecular weight is 420 g/mol. The van der Waals surface area contributed by atoms with Gasteiger partial charge in [-0.15, -0.1) is 0 Å². The molecule has 2 aliphatic rings. The summed E-state index contributed by atoms with van der Waals surface area (Å²) in [6.07, 6.45) is -7.60. The number of alkyl halides is 6. The predicted molar refractivity (Wildman–Crippen MR) is 99.0 cm³/mol. The summed E-state index contributed by atoms with van der Waals surface area (Å²) in [5.41, 5.74) is 1.86. The number of carbonyl (C=O) groups excluding carboxylic acids is 1. The Morgan fingerprint density at radius 1 is 1.10 bits per heavy atom. The van der Waals surface area contributed by atoms with Gasteiger partial charge in [0.1, 0.15) is 0 Å². The molecule has 1 aromatic carbocycles. The summed E-state index contributed by atoms with van der Waals surface area (Å²) in [5, 5.41) is 2.54. The molecule has 0 saturated carbocycles. The van der Waals surface area contributed by atoms with Gasteiger partial charge < -0.3 is 10.2 Å². The third kappa shape index (κ3) is 4.38. The van der Waals surface area contributed by atoms with Gasteiger partial charge in [0.05, 0.1) is 25.3 Å². The normalized spacial score (nSPS) is 18.7. The van der Waals surface area contributed by atoms with Crippen molar-refractivity contribution >= 4 is 23.4 Å². The number of benzene rings is 1. The van der Waals surface area contributed by atoms with Crippen LogP contribution >= 0.6 is 0 Å². The Morgan fingerprint density at radius 3 is 2.34 bits per heavy atom. The monoisotopic (exact) mass is 420 g/mol. The van der Waals surface area contributed by atoms with Crippen LogP contribution in [0.2, 0.25) is 0 Å². The van der Waals surface area contributed by atoms with E-state index in [2.05, 4.69) is 5.32 Å². The number of halogens is 6. The molecule has 1 amide bonds. The molecule has 0 radical (unpaired) electrons. The van der Waals surface area contributed by atoms with Gasteiger partial charge in [-0.05, 0) is 29.5 Å². The maximum atomic E-state index is 13.3. The quantitative estimate of drug-likeness (QED) is 0.646. The number of carbonyl (C=O) groups is 1. The molecule has 0 spiro atoms. The van der Waals surface area contributed by atoms with Crippen LogP contribution in [0.4, 0.5) is 37.7 Å². The highest BCUT2D eigenvalue weighted by Crippen LogP contribution is 2.47. The molecule has 0 bridgehead atoms. The van der Waals surface area contributed by atoms with Crippen LogP contribution in [-0.4, -0.2) is 30.8 Å². The van der Waals surface area contributed by atoms with Gasteiger partial charge in [-0.1, -0.05) is 26.0 Å². The van der Waals surface area contributed by atoms with Crippen LogP contribution < -0.4 is 10.2 Å². The third-order valence-electron chi connectivity index (χ3n) is 5.24. The highest BCUT2D eigenvalue weighted by Gasteiger charge is 2.40. The van der Waals surface area contributed by atoms with E-state index in [1.165, 1.54) is 12.2 Å². The lowest BCUT2D eigenvalue weighted by Gasteiger charge is -2.39. The van der Waals surface area contributed by atoms with Crippen LogP contribution in [0.3, 0.4) is 0 Å². The Bertz CT molecular complexity index is 841. The Hall–Kier alpha value is -2.19. The van der Waals surface area contributed by atoms with E-state index in [9.17, 15) is 31.1 Å². The number of nitrogens with zero attached hydrogens (tertiary/aromatic N) is 1. The number of hydrogen-bond donors (Lipinski definition) is 1. The average Bonchev–Trinajstić information content (AvgIpc) is 2.96. The number of nitrogens with one attached hydrogen (secondary N) is 1. The molecule has 0 saturated heterocycles. The lowest BCUT2D eigenvalue weighted by Crippen LogP contribution is -2.41. The highest BCUT2D eigenvalue weighted by atomic mass is 19.4. The first-order valence-electron chi connectivity index (χ1n) is 9.54. The van der Waals surface area contributed by atoms with E-state index in [-0.39, 0.29) is 30.6 Å². The van der Waals surface area contributed by atoms with Crippen LogP contribution in [0.25, 0.3) is 6.08 Å².